The summed E-state index contributed by atoms with van der Waals surface area (Å²) in [7, 11) is 0. The average molecular weight is 306 g/mol. The summed E-state index contributed by atoms with van der Waals surface area (Å²) < 4.78 is 41.3. The van der Waals surface area contributed by atoms with Crippen molar-refractivity contribution in [1.82, 2.24) is 10.2 Å². The monoisotopic (exact) mass is 306 g/mol. The summed E-state index contributed by atoms with van der Waals surface area (Å²) in [4.78, 5) is 2.43. The van der Waals surface area contributed by atoms with Gasteiger partial charge in [0.1, 0.15) is 6.61 Å². The molecule has 1 spiro atoms. The van der Waals surface area contributed by atoms with E-state index in [4.69, 9.17) is 4.74 Å². The van der Waals surface area contributed by atoms with Gasteiger partial charge in [-0.15, -0.1) is 0 Å². The van der Waals surface area contributed by atoms with Crippen molar-refractivity contribution in [2.24, 2.45) is 5.92 Å². The molecule has 0 aromatic carbocycles. The van der Waals surface area contributed by atoms with Crippen molar-refractivity contribution in [3.05, 3.63) is 0 Å². The Kier molecular flexibility index (Phi) is 4.48. The van der Waals surface area contributed by atoms with Crippen LogP contribution < -0.4 is 5.32 Å². The van der Waals surface area contributed by atoms with Gasteiger partial charge >= 0.3 is 6.18 Å². The molecule has 3 fully saturated rings. The van der Waals surface area contributed by atoms with E-state index < -0.39 is 12.8 Å². The quantitative estimate of drug-likeness (QED) is 0.790. The fourth-order valence-corrected chi connectivity index (χ4v) is 3.96. The van der Waals surface area contributed by atoms with Crippen LogP contribution in [0.1, 0.15) is 38.5 Å². The maximum atomic E-state index is 12.1. The van der Waals surface area contributed by atoms with Gasteiger partial charge < -0.3 is 10.1 Å². The van der Waals surface area contributed by atoms with E-state index in [1.54, 1.807) is 0 Å². The van der Waals surface area contributed by atoms with E-state index in [0.29, 0.717) is 12.6 Å². The Morgan fingerprint density at radius 2 is 1.90 bits per heavy atom. The molecular weight excluding hydrogens is 281 g/mol. The number of alkyl halides is 3. The van der Waals surface area contributed by atoms with Crippen molar-refractivity contribution in [2.75, 3.05) is 32.8 Å². The van der Waals surface area contributed by atoms with E-state index in [-0.39, 0.29) is 12.1 Å². The molecule has 1 heterocycles. The number of hydrogen-bond acceptors (Lipinski definition) is 3. The molecule has 0 radical (unpaired) electrons. The average Bonchev–Trinajstić information content (AvgIpc) is 3.16. The van der Waals surface area contributed by atoms with Gasteiger partial charge in [-0.05, 0) is 31.6 Å². The zero-order valence-electron chi connectivity index (χ0n) is 12.4. The summed E-state index contributed by atoms with van der Waals surface area (Å²) in [5.41, 5.74) is 0.174. The zero-order valence-corrected chi connectivity index (χ0v) is 12.4. The topological polar surface area (TPSA) is 24.5 Å². The van der Waals surface area contributed by atoms with Crippen LogP contribution in [0.5, 0.6) is 0 Å². The molecule has 0 aromatic heterocycles. The molecule has 0 bridgehead atoms. The number of halogens is 3. The number of nitrogens with zero attached hydrogens (tertiary/aromatic N) is 1. The molecule has 3 aliphatic rings. The molecule has 0 amide bonds. The Labute approximate surface area is 124 Å². The van der Waals surface area contributed by atoms with Crippen LogP contribution in [0.3, 0.4) is 0 Å². The van der Waals surface area contributed by atoms with E-state index >= 15 is 0 Å². The molecule has 2 saturated carbocycles. The second-order valence-electron chi connectivity index (χ2n) is 6.87. The van der Waals surface area contributed by atoms with Gasteiger partial charge in [0.2, 0.25) is 0 Å². The lowest BCUT2D eigenvalue weighted by Gasteiger charge is -2.48. The van der Waals surface area contributed by atoms with Crippen molar-refractivity contribution in [1.29, 1.82) is 0 Å². The summed E-state index contributed by atoms with van der Waals surface area (Å²) in [5.74, 6) is 0.780. The lowest BCUT2D eigenvalue weighted by atomic mass is 9.90. The van der Waals surface area contributed by atoms with Crippen LogP contribution in [0.4, 0.5) is 13.2 Å². The van der Waals surface area contributed by atoms with Gasteiger partial charge in [0.25, 0.3) is 0 Å². The number of hydrogen-bond donors (Lipinski definition) is 1. The maximum Gasteiger partial charge on any atom is 0.411 e. The lowest BCUT2D eigenvalue weighted by molar-refractivity contribution is -0.175. The zero-order chi connectivity index (χ0) is 14.9. The van der Waals surface area contributed by atoms with Crippen molar-refractivity contribution < 1.29 is 17.9 Å². The Balaban J connectivity index is 1.52. The first-order valence-electron chi connectivity index (χ1n) is 8.11. The van der Waals surface area contributed by atoms with Gasteiger partial charge in [0.15, 0.2) is 0 Å². The predicted octanol–water partition coefficient (Wildman–Crippen LogP) is 2.56. The minimum atomic E-state index is -4.22. The highest BCUT2D eigenvalue weighted by Gasteiger charge is 2.46. The third-order valence-corrected chi connectivity index (χ3v) is 5.28. The molecule has 0 aromatic rings. The Hall–Kier alpha value is -0.330. The molecule has 1 N–H and O–H groups in total. The summed E-state index contributed by atoms with van der Waals surface area (Å²) in [5, 5.41) is 3.70. The lowest BCUT2D eigenvalue weighted by Crippen LogP contribution is -2.64. The van der Waals surface area contributed by atoms with Crippen LogP contribution >= 0.6 is 0 Å². The summed E-state index contributed by atoms with van der Waals surface area (Å²) >= 11 is 0. The van der Waals surface area contributed by atoms with Crippen LogP contribution in [-0.2, 0) is 4.74 Å². The van der Waals surface area contributed by atoms with Crippen molar-refractivity contribution in [3.8, 4) is 0 Å². The maximum absolute atomic E-state index is 12.1. The minimum Gasteiger partial charge on any atom is -0.371 e. The van der Waals surface area contributed by atoms with Gasteiger partial charge in [0.05, 0.1) is 6.61 Å². The first kappa shape index (κ1) is 15.6. The van der Waals surface area contributed by atoms with Crippen LogP contribution in [0, 0.1) is 5.92 Å². The molecule has 1 aliphatic heterocycles. The number of rotatable bonds is 5. The second kappa shape index (κ2) is 6.05. The molecule has 1 unspecified atom stereocenters. The molecular formula is C15H25F3N2O. The molecule has 122 valence electrons. The highest BCUT2D eigenvalue weighted by Crippen LogP contribution is 2.41. The van der Waals surface area contributed by atoms with Gasteiger partial charge in [-0.3, -0.25) is 4.90 Å². The summed E-state index contributed by atoms with van der Waals surface area (Å²) in [6, 6.07) is 0.527. The SMILES string of the molecule is FC(F)(F)COCCN1CC(C2CC2)NCC12CCCC2. The van der Waals surface area contributed by atoms with Crippen LogP contribution in [0.2, 0.25) is 0 Å². The van der Waals surface area contributed by atoms with Gasteiger partial charge in [-0.1, -0.05) is 12.8 Å². The summed E-state index contributed by atoms with van der Waals surface area (Å²) in [6.45, 7) is 1.64. The molecule has 1 atom stereocenters. The second-order valence-corrected chi connectivity index (χ2v) is 6.87. The molecule has 2 aliphatic carbocycles. The predicted molar refractivity (Wildman–Crippen MR) is 74.2 cm³/mol. The fraction of sp³-hybridized carbons (Fsp3) is 1.00. The first-order chi connectivity index (χ1) is 9.99. The van der Waals surface area contributed by atoms with E-state index in [1.165, 1.54) is 25.7 Å². The minimum absolute atomic E-state index is 0.174. The Morgan fingerprint density at radius 3 is 2.52 bits per heavy atom. The highest BCUT2D eigenvalue weighted by molar-refractivity contribution is 5.04. The van der Waals surface area contributed by atoms with Crippen molar-refractivity contribution in [3.63, 3.8) is 0 Å². The number of piperazine rings is 1. The third kappa shape index (κ3) is 3.90. The van der Waals surface area contributed by atoms with Crippen LogP contribution in [0.25, 0.3) is 0 Å². The normalized spacial score (nSPS) is 30.1. The van der Waals surface area contributed by atoms with Crippen LogP contribution in [0.15, 0.2) is 0 Å². The van der Waals surface area contributed by atoms with Gasteiger partial charge in [-0.25, -0.2) is 0 Å². The fourth-order valence-electron chi connectivity index (χ4n) is 3.96. The van der Waals surface area contributed by atoms with Crippen molar-refractivity contribution >= 4 is 0 Å². The molecule has 21 heavy (non-hydrogen) atoms. The smallest absolute Gasteiger partial charge is 0.371 e. The molecule has 3 nitrogen and oxygen atoms in total. The standard InChI is InChI=1S/C15H25F3N2O/c16-15(17,18)11-21-8-7-20-9-13(12-3-4-12)19-10-14(20)5-1-2-6-14/h12-13,19H,1-11H2. The number of ether oxygens (including phenoxy) is 1. The van der Waals surface area contributed by atoms with E-state index in [1.807, 2.05) is 0 Å². The van der Waals surface area contributed by atoms with Crippen LogP contribution in [-0.4, -0.2) is 55.5 Å². The van der Waals surface area contributed by atoms with E-state index in [0.717, 1.165) is 31.8 Å². The van der Waals surface area contributed by atoms with E-state index in [9.17, 15) is 13.2 Å². The van der Waals surface area contributed by atoms with Crippen molar-refractivity contribution in [2.45, 2.75) is 56.3 Å². The van der Waals surface area contributed by atoms with Gasteiger partial charge in [0, 0.05) is 31.2 Å². The molecule has 3 rings (SSSR count). The van der Waals surface area contributed by atoms with Gasteiger partial charge in [-0.2, -0.15) is 13.2 Å². The Bertz CT molecular complexity index is 351. The highest BCUT2D eigenvalue weighted by atomic mass is 19.4. The third-order valence-electron chi connectivity index (χ3n) is 5.28. The Morgan fingerprint density at radius 1 is 1.19 bits per heavy atom. The largest absolute Gasteiger partial charge is 0.411 e. The first-order valence-corrected chi connectivity index (χ1v) is 8.11. The molecule has 1 saturated heterocycles. The number of nitrogens with one attached hydrogen (secondary N) is 1. The molecule has 6 heteroatoms. The summed E-state index contributed by atoms with van der Waals surface area (Å²) in [6.07, 6.45) is 3.16. The van der Waals surface area contributed by atoms with E-state index in [2.05, 4.69) is 10.2 Å².